The maximum Gasteiger partial charge on any atom is 0.274 e. The molecule has 0 aliphatic heterocycles. The molecule has 2 N–H and O–H groups in total. The van der Waals surface area contributed by atoms with Crippen molar-refractivity contribution in [2.45, 2.75) is 19.8 Å². The molecule has 25 heavy (non-hydrogen) atoms. The Kier molecular flexibility index (Phi) is 4.88. The van der Waals surface area contributed by atoms with Crippen LogP contribution in [0.4, 0.5) is 10.1 Å². The predicted octanol–water partition coefficient (Wildman–Crippen LogP) is 3.33. The Morgan fingerprint density at radius 1 is 1.08 bits per heavy atom. The van der Waals surface area contributed by atoms with Crippen LogP contribution in [0, 0.1) is 11.7 Å². The molecule has 1 aliphatic rings. The number of nitrogens with zero attached hydrogens (tertiary/aromatic N) is 1. The van der Waals surface area contributed by atoms with Crippen molar-refractivity contribution in [2.75, 3.05) is 5.32 Å². The van der Waals surface area contributed by atoms with Crippen LogP contribution in [0.3, 0.4) is 0 Å². The zero-order chi connectivity index (χ0) is 17.8. The number of halogens is 1. The second-order valence-electron chi connectivity index (χ2n) is 5.96. The fourth-order valence-electron chi connectivity index (χ4n) is 2.29. The zero-order valence-corrected chi connectivity index (χ0v) is 13.8. The molecule has 0 aromatic heterocycles. The maximum absolute atomic E-state index is 13.6. The molecule has 0 saturated heterocycles. The van der Waals surface area contributed by atoms with Crippen LogP contribution >= 0.6 is 0 Å². The predicted molar refractivity (Wildman–Crippen MR) is 93.9 cm³/mol. The van der Waals surface area contributed by atoms with E-state index in [-0.39, 0.29) is 17.4 Å². The average molecular weight is 339 g/mol. The molecule has 2 aromatic rings. The first-order chi connectivity index (χ1) is 12.0. The first-order valence-corrected chi connectivity index (χ1v) is 8.05. The number of nitrogens with one attached hydrogen (secondary N) is 2. The second kappa shape index (κ2) is 7.25. The molecule has 0 atom stereocenters. The van der Waals surface area contributed by atoms with Crippen LogP contribution < -0.4 is 10.7 Å². The van der Waals surface area contributed by atoms with Crippen LogP contribution in [0.5, 0.6) is 0 Å². The van der Waals surface area contributed by atoms with Gasteiger partial charge in [0.05, 0.1) is 11.3 Å². The van der Waals surface area contributed by atoms with E-state index in [1.54, 1.807) is 37.3 Å². The number of hydrogen-bond acceptors (Lipinski definition) is 3. The summed E-state index contributed by atoms with van der Waals surface area (Å²) in [5, 5.41) is 6.86. The van der Waals surface area contributed by atoms with Crippen molar-refractivity contribution in [3.63, 3.8) is 0 Å². The van der Waals surface area contributed by atoms with E-state index in [2.05, 4.69) is 15.8 Å². The first-order valence-electron chi connectivity index (χ1n) is 8.05. The van der Waals surface area contributed by atoms with Gasteiger partial charge in [0.2, 0.25) is 5.91 Å². The number of hydrazone groups is 1. The van der Waals surface area contributed by atoms with Crippen molar-refractivity contribution >= 4 is 23.2 Å². The standard InChI is InChI=1S/C19H18FN3O2/c1-12(22-23-19(25)16-4-2-3-5-17(16)20)13-8-10-15(11-9-13)21-18(24)14-6-7-14/h2-5,8-11,14H,6-7H2,1H3,(H,21,24)(H,23,25). The molecule has 1 aliphatic carbocycles. The van der Waals surface area contributed by atoms with Crippen molar-refractivity contribution in [2.24, 2.45) is 11.0 Å². The summed E-state index contributed by atoms with van der Waals surface area (Å²) in [6.07, 6.45) is 1.91. The van der Waals surface area contributed by atoms with Gasteiger partial charge in [-0.1, -0.05) is 24.3 Å². The van der Waals surface area contributed by atoms with Crippen LogP contribution in [0.15, 0.2) is 53.6 Å². The van der Waals surface area contributed by atoms with Crippen LogP contribution in [0.25, 0.3) is 0 Å². The SMILES string of the molecule is CC(=NNC(=O)c1ccccc1F)c1ccc(NC(=O)C2CC2)cc1. The molecule has 0 heterocycles. The number of hydrogen-bond donors (Lipinski definition) is 2. The first kappa shape index (κ1) is 16.8. The molecule has 6 heteroatoms. The van der Waals surface area contributed by atoms with Gasteiger partial charge in [0.25, 0.3) is 5.91 Å². The Hall–Kier alpha value is -3.02. The third kappa shape index (κ3) is 4.29. The van der Waals surface area contributed by atoms with E-state index in [4.69, 9.17) is 0 Å². The van der Waals surface area contributed by atoms with Crippen LogP contribution in [-0.2, 0) is 4.79 Å². The summed E-state index contributed by atoms with van der Waals surface area (Å²) in [5.41, 5.74) is 4.38. The molecule has 5 nitrogen and oxygen atoms in total. The minimum Gasteiger partial charge on any atom is -0.326 e. The fraction of sp³-hybridized carbons (Fsp3) is 0.211. The normalized spacial score (nSPS) is 14.1. The summed E-state index contributed by atoms with van der Waals surface area (Å²) in [6.45, 7) is 1.74. The second-order valence-corrected chi connectivity index (χ2v) is 5.96. The molecule has 0 spiro atoms. The topological polar surface area (TPSA) is 70.6 Å². The zero-order valence-electron chi connectivity index (χ0n) is 13.8. The van der Waals surface area contributed by atoms with Crippen molar-refractivity contribution in [3.05, 3.63) is 65.5 Å². The summed E-state index contributed by atoms with van der Waals surface area (Å²) < 4.78 is 13.6. The molecule has 3 rings (SSSR count). The van der Waals surface area contributed by atoms with Gasteiger partial charge in [-0.05, 0) is 49.6 Å². The lowest BCUT2D eigenvalue weighted by atomic mass is 10.1. The Balaban J connectivity index is 1.62. The van der Waals surface area contributed by atoms with Gasteiger partial charge in [0.15, 0.2) is 0 Å². The van der Waals surface area contributed by atoms with Gasteiger partial charge in [0, 0.05) is 11.6 Å². The van der Waals surface area contributed by atoms with Crippen LogP contribution in [0.1, 0.15) is 35.7 Å². The molecule has 128 valence electrons. The van der Waals surface area contributed by atoms with Gasteiger partial charge >= 0.3 is 0 Å². The molecular weight excluding hydrogens is 321 g/mol. The third-order valence-electron chi connectivity index (χ3n) is 3.96. The lowest BCUT2D eigenvalue weighted by molar-refractivity contribution is -0.117. The smallest absolute Gasteiger partial charge is 0.274 e. The van der Waals surface area contributed by atoms with Gasteiger partial charge in [-0.25, -0.2) is 9.82 Å². The number of benzene rings is 2. The summed E-state index contributed by atoms with van der Waals surface area (Å²) in [5.74, 6) is -0.999. The van der Waals surface area contributed by atoms with Crippen LogP contribution in [-0.4, -0.2) is 17.5 Å². The average Bonchev–Trinajstić information content (AvgIpc) is 3.45. The van der Waals surface area contributed by atoms with Crippen LogP contribution in [0.2, 0.25) is 0 Å². The lowest BCUT2D eigenvalue weighted by Crippen LogP contribution is -2.20. The van der Waals surface area contributed by atoms with Gasteiger partial charge in [-0.3, -0.25) is 9.59 Å². The minimum atomic E-state index is -0.606. The van der Waals surface area contributed by atoms with E-state index in [9.17, 15) is 14.0 Å². The molecule has 2 amide bonds. The Labute approximate surface area is 144 Å². The number of carbonyl (C=O) groups is 2. The minimum absolute atomic E-state index is 0.0512. The molecular formula is C19H18FN3O2. The number of rotatable bonds is 5. The summed E-state index contributed by atoms with van der Waals surface area (Å²) in [7, 11) is 0. The Morgan fingerprint density at radius 3 is 2.40 bits per heavy atom. The lowest BCUT2D eigenvalue weighted by Gasteiger charge is -2.06. The third-order valence-corrected chi connectivity index (χ3v) is 3.96. The maximum atomic E-state index is 13.6. The van der Waals surface area contributed by atoms with Crippen molar-refractivity contribution in [1.82, 2.24) is 5.43 Å². The molecule has 1 saturated carbocycles. The highest BCUT2D eigenvalue weighted by molar-refractivity contribution is 6.01. The highest BCUT2D eigenvalue weighted by atomic mass is 19.1. The summed E-state index contributed by atoms with van der Waals surface area (Å²) in [6, 6.07) is 12.9. The van der Waals surface area contributed by atoms with E-state index >= 15 is 0 Å². The Morgan fingerprint density at radius 2 is 1.76 bits per heavy atom. The quantitative estimate of drug-likeness (QED) is 0.648. The van der Waals surface area contributed by atoms with Gasteiger partial charge in [0.1, 0.15) is 5.82 Å². The molecule has 0 radical (unpaired) electrons. The number of amides is 2. The molecule has 2 aromatic carbocycles. The molecule has 0 bridgehead atoms. The van der Waals surface area contributed by atoms with Gasteiger partial charge < -0.3 is 5.32 Å². The largest absolute Gasteiger partial charge is 0.326 e. The van der Waals surface area contributed by atoms with E-state index < -0.39 is 11.7 Å². The van der Waals surface area contributed by atoms with E-state index in [1.807, 2.05) is 0 Å². The highest BCUT2D eigenvalue weighted by Gasteiger charge is 2.29. The Bertz CT molecular complexity index is 827. The highest BCUT2D eigenvalue weighted by Crippen LogP contribution is 2.30. The van der Waals surface area contributed by atoms with E-state index in [1.165, 1.54) is 18.2 Å². The number of carbonyl (C=O) groups excluding carboxylic acids is 2. The molecule has 0 unspecified atom stereocenters. The monoisotopic (exact) mass is 339 g/mol. The van der Waals surface area contributed by atoms with Gasteiger partial charge in [-0.15, -0.1) is 0 Å². The van der Waals surface area contributed by atoms with E-state index in [0.717, 1.165) is 24.1 Å². The number of anilines is 1. The fourth-order valence-corrected chi connectivity index (χ4v) is 2.29. The van der Waals surface area contributed by atoms with Crippen molar-refractivity contribution in [3.8, 4) is 0 Å². The summed E-state index contributed by atoms with van der Waals surface area (Å²) >= 11 is 0. The molecule has 1 fully saturated rings. The van der Waals surface area contributed by atoms with Crippen molar-refractivity contribution < 1.29 is 14.0 Å². The van der Waals surface area contributed by atoms with Crippen molar-refractivity contribution in [1.29, 1.82) is 0 Å². The van der Waals surface area contributed by atoms with Gasteiger partial charge in [-0.2, -0.15) is 5.10 Å². The van der Waals surface area contributed by atoms with E-state index in [0.29, 0.717) is 5.71 Å². The summed E-state index contributed by atoms with van der Waals surface area (Å²) in [4.78, 5) is 23.7.